The van der Waals surface area contributed by atoms with E-state index in [0.717, 1.165) is 0 Å². The van der Waals surface area contributed by atoms with Gasteiger partial charge >= 0.3 is 0 Å². The van der Waals surface area contributed by atoms with Crippen molar-refractivity contribution in [2.45, 2.75) is 24.3 Å². The first-order valence-electron chi connectivity index (χ1n) is 7.43. The van der Waals surface area contributed by atoms with E-state index in [2.05, 4.69) is 5.32 Å². The number of carbonyl (C=O) groups is 2. The van der Waals surface area contributed by atoms with Crippen LogP contribution in [0.5, 0.6) is 0 Å². The lowest BCUT2D eigenvalue weighted by Crippen LogP contribution is -2.23. The minimum atomic E-state index is -3.75. The van der Waals surface area contributed by atoms with Crippen LogP contribution in [-0.2, 0) is 21.4 Å². The Morgan fingerprint density at radius 3 is 2.12 bits per heavy atom. The number of benzene rings is 2. The molecule has 0 saturated carbocycles. The highest BCUT2D eigenvalue weighted by Crippen LogP contribution is 2.09. The van der Waals surface area contributed by atoms with Crippen molar-refractivity contribution in [3.8, 4) is 0 Å². The molecule has 1 amide bonds. The molecule has 0 heterocycles. The average molecular weight is 364 g/mol. The smallest absolute Gasteiger partial charge is 0.238 e. The minimum Gasteiger partial charge on any atom is -0.352 e. The van der Waals surface area contributed by atoms with Crippen LogP contribution in [0.1, 0.15) is 28.8 Å². The topological polar surface area (TPSA) is 106 Å². The molecule has 0 saturated heterocycles. The van der Waals surface area contributed by atoms with Crippen LogP contribution >= 0.6 is 0 Å². The number of hydrogen-bond acceptors (Lipinski definition) is 4. The molecule has 3 N–H and O–H groups in total. The van der Waals surface area contributed by atoms with Crippen molar-refractivity contribution in [3.63, 3.8) is 0 Å². The van der Waals surface area contributed by atoms with Crippen LogP contribution in [0.25, 0.3) is 0 Å². The third-order valence-electron chi connectivity index (χ3n) is 3.49. The van der Waals surface area contributed by atoms with Gasteiger partial charge in [-0.2, -0.15) is 0 Å². The predicted molar refractivity (Wildman–Crippen MR) is 89.6 cm³/mol. The highest BCUT2D eigenvalue weighted by Gasteiger charge is 2.10. The van der Waals surface area contributed by atoms with Gasteiger partial charge in [0.15, 0.2) is 5.78 Å². The Kier molecular flexibility index (Phi) is 6.00. The standard InChI is InChI=1S/C17H17FN2O4S/c18-14-5-3-13(4-6-14)16(21)9-10-17(22)20-11-12-1-7-15(8-2-12)25(19,23)24/h1-8H,9-11H2,(H,20,22)(H2,19,23,24). The van der Waals surface area contributed by atoms with Crippen molar-refractivity contribution in [1.29, 1.82) is 0 Å². The van der Waals surface area contributed by atoms with Crippen LogP contribution in [0.4, 0.5) is 4.39 Å². The predicted octanol–water partition coefficient (Wildman–Crippen LogP) is 1.75. The summed E-state index contributed by atoms with van der Waals surface area (Å²) >= 11 is 0. The van der Waals surface area contributed by atoms with Gasteiger partial charge in [-0.1, -0.05) is 12.1 Å². The van der Waals surface area contributed by atoms with E-state index in [1.165, 1.54) is 36.4 Å². The van der Waals surface area contributed by atoms with Gasteiger partial charge in [0.1, 0.15) is 5.82 Å². The molecule has 0 spiro atoms. The molecule has 25 heavy (non-hydrogen) atoms. The van der Waals surface area contributed by atoms with Crippen LogP contribution < -0.4 is 10.5 Å². The van der Waals surface area contributed by atoms with Crippen molar-refractivity contribution >= 4 is 21.7 Å². The quantitative estimate of drug-likeness (QED) is 0.730. The summed E-state index contributed by atoms with van der Waals surface area (Å²) in [5.74, 6) is -0.985. The fraction of sp³-hybridized carbons (Fsp3) is 0.176. The Labute approximate surface area is 144 Å². The number of nitrogens with one attached hydrogen (secondary N) is 1. The van der Waals surface area contributed by atoms with Crippen molar-refractivity contribution in [3.05, 3.63) is 65.5 Å². The first-order chi connectivity index (χ1) is 11.8. The van der Waals surface area contributed by atoms with E-state index in [9.17, 15) is 22.4 Å². The molecule has 0 aromatic heterocycles. The Morgan fingerprint density at radius 1 is 0.960 bits per heavy atom. The number of ketones is 1. The molecule has 132 valence electrons. The number of primary sulfonamides is 1. The Hall–Kier alpha value is -2.58. The fourth-order valence-electron chi connectivity index (χ4n) is 2.09. The van der Waals surface area contributed by atoms with Gasteiger partial charge in [-0.25, -0.2) is 17.9 Å². The molecular formula is C17H17FN2O4S. The summed E-state index contributed by atoms with van der Waals surface area (Å²) in [5, 5.41) is 7.64. The van der Waals surface area contributed by atoms with E-state index in [1.54, 1.807) is 12.1 Å². The van der Waals surface area contributed by atoms with Crippen LogP contribution in [0.3, 0.4) is 0 Å². The molecular weight excluding hydrogens is 347 g/mol. The van der Waals surface area contributed by atoms with Gasteiger partial charge in [0.25, 0.3) is 0 Å². The highest BCUT2D eigenvalue weighted by atomic mass is 32.2. The molecule has 0 radical (unpaired) electrons. The third kappa shape index (κ3) is 5.77. The first kappa shape index (κ1) is 18.8. The largest absolute Gasteiger partial charge is 0.352 e. The van der Waals surface area contributed by atoms with Gasteiger partial charge in [0, 0.05) is 24.9 Å². The van der Waals surface area contributed by atoms with Crippen molar-refractivity contribution in [2.24, 2.45) is 5.14 Å². The van der Waals surface area contributed by atoms with Crippen molar-refractivity contribution < 1.29 is 22.4 Å². The molecule has 0 unspecified atom stereocenters. The maximum Gasteiger partial charge on any atom is 0.238 e. The summed E-state index contributed by atoms with van der Waals surface area (Å²) in [5.41, 5.74) is 1.05. The normalized spacial score (nSPS) is 11.1. The number of sulfonamides is 1. The van der Waals surface area contributed by atoms with Gasteiger partial charge in [-0.15, -0.1) is 0 Å². The molecule has 6 nitrogen and oxygen atoms in total. The lowest BCUT2D eigenvalue weighted by molar-refractivity contribution is -0.121. The zero-order valence-corrected chi connectivity index (χ0v) is 14.1. The Morgan fingerprint density at radius 2 is 1.56 bits per heavy atom. The molecule has 2 aromatic carbocycles. The SMILES string of the molecule is NS(=O)(=O)c1ccc(CNC(=O)CCC(=O)c2ccc(F)cc2)cc1. The number of halogens is 1. The Balaban J connectivity index is 1.80. The third-order valence-corrected chi connectivity index (χ3v) is 4.42. The van der Waals surface area contributed by atoms with Crippen LogP contribution in [0.2, 0.25) is 0 Å². The highest BCUT2D eigenvalue weighted by molar-refractivity contribution is 7.89. The van der Waals surface area contributed by atoms with Gasteiger partial charge in [-0.3, -0.25) is 9.59 Å². The number of rotatable bonds is 7. The summed E-state index contributed by atoms with van der Waals surface area (Å²) < 4.78 is 35.1. The van der Waals surface area contributed by atoms with Crippen molar-refractivity contribution in [2.75, 3.05) is 0 Å². The number of hydrogen-bond donors (Lipinski definition) is 2. The molecule has 2 rings (SSSR count). The Bertz CT molecular complexity index is 863. The van der Waals surface area contributed by atoms with E-state index >= 15 is 0 Å². The van der Waals surface area contributed by atoms with Crippen molar-refractivity contribution in [1.82, 2.24) is 5.32 Å². The minimum absolute atomic E-state index is 0.00543. The summed E-state index contributed by atoms with van der Waals surface area (Å²) in [7, 11) is -3.75. The number of nitrogens with two attached hydrogens (primary N) is 1. The van der Waals surface area contributed by atoms with Crippen LogP contribution in [0, 0.1) is 5.82 Å². The summed E-state index contributed by atoms with van der Waals surface area (Å²) in [6, 6.07) is 10.9. The molecule has 0 atom stereocenters. The lowest BCUT2D eigenvalue weighted by Gasteiger charge is -2.06. The van der Waals surface area contributed by atoms with Crippen LogP contribution in [-0.4, -0.2) is 20.1 Å². The molecule has 0 aliphatic rings. The summed E-state index contributed by atoms with van der Waals surface area (Å²) in [6.07, 6.45) is 0.0211. The molecule has 0 bridgehead atoms. The second-order valence-corrected chi connectivity index (χ2v) is 6.96. The monoisotopic (exact) mass is 364 g/mol. The number of amides is 1. The van der Waals surface area contributed by atoms with Gasteiger partial charge in [0.2, 0.25) is 15.9 Å². The summed E-state index contributed by atoms with van der Waals surface area (Å²) in [4.78, 5) is 23.7. The molecule has 0 fully saturated rings. The summed E-state index contributed by atoms with van der Waals surface area (Å²) in [6.45, 7) is 0.203. The molecule has 0 aliphatic carbocycles. The van der Waals surface area contributed by atoms with E-state index in [0.29, 0.717) is 11.1 Å². The van der Waals surface area contributed by atoms with Gasteiger partial charge < -0.3 is 5.32 Å². The first-order valence-corrected chi connectivity index (χ1v) is 8.97. The van der Waals surface area contributed by atoms with Gasteiger partial charge in [0.05, 0.1) is 4.90 Å². The second-order valence-electron chi connectivity index (χ2n) is 5.40. The van der Waals surface area contributed by atoms with E-state index in [4.69, 9.17) is 5.14 Å². The second kappa shape index (κ2) is 8.00. The lowest BCUT2D eigenvalue weighted by atomic mass is 10.1. The molecule has 2 aromatic rings. The zero-order chi connectivity index (χ0) is 18.4. The molecule has 8 heteroatoms. The number of Topliss-reactive ketones (excluding diaryl/α,β-unsaturated/α-hetero) is 1. The van der Waals surface area contributed by atoms with E-state index in [-0.39, 0.29) is 36.0 Å². The fourth-order valence-corrected chi connectivity index (χ4v) is 2.61. The average Bonchev–Trinajstić information content (AvgIpc) is 2.58. The number of carbonyl (C=O) groups excluding carboxylic acids is 2. The van der Waals surface area contributed by atoms with Gasteiger partial charge in [-0.05, 0) is 42.0 Å². The maximum absolute atomic E-state index is 12.8. The van der Waals surface area contributed by atoms with E-state index < -0.39 is 15.8 Å². The molecule has 0 aliphatic heterocycles. The maximum atomic E-state index is 12.8. The zero-order valence-electron chi connectivity index (χ0n) is 13.2. The van der Waals surface area contributed by atoms with E-state index in [1.807, 2.05) is 0 Å². The van der Waals surface area contributed by atoms with Crippen LogP contribution in [0.15, 0.2) is 53.4 Å².